The second kappa shape index (κ2) is 9.49. The molecule has 6 nitrogen and oxygen atoms in total. The monoisotopic (exact) mass is 478 g/mol. The Hall–Kier alpha value is -2.97. The molecule has 1 aromatic carbocycles. The molecule has 1 aliphatic heterocycles. The van der Waals surface area contributed by atoms with E-state index >= 15 is 0 Å². The predicted molar refractivity (Wildman–Crippen MR) is 132 cm³/mol. The number of likely N-dealkylation sites (tertiary alicyclic amines) is 1. The predicted octanol–water partition coefficient (Wildman–Crippen LogP) is 4.69. The van der Waals surface area contributed by atoms with E-state index in [1.807, 2.05) is 74.7 Å². The van der Waals surface area contributed by atoms with E-state index in [4.69, 9.17) is 0 Å². The number of likely N-dealkylation sites (N-methyl/N-ethyl adjacent to an activating group) is 1. The van der Waals surface area contributed by atoms with Crippen molar-refractivity contribution in [3.63, 3.8) is 0 Å². The Morgan fingerprint density at radius 2 is 1.88 bits per heavy atom. The molecule has 3 aromatic heterocycles. The molecule has 1 atom stereocenters. The molecule has 0 saturated carbocycles. The number of imidazole rings is 1. The van der Waals surface area contributed by atoms with Crippen LogP contribution in [0.5, 0.6) is 0 Å². The van der Waals surface area contributed by atoms with E-state index in [1.54, 1.807) is 0 Å². The molecule has 4 heterocycles. The maximum atomic E-state index is 13.2. The summed E-state index contributed by atoms with van der Waals surface area (Å²) >= 11 is 3.01. The van der Waals surface area contributed by atoms with Gasteiger partial charge < -0.3 is 9.80 Å². The van der Waals surface area contributed by atoms with E-state index in [9.17, 15) is 9.59 Å². The topological polar surface area (TPSA) is 57.9 Å². The van der Waals surface area contributed by atoms with E-state index in [1.165, 1.54) is 28.2 Å². The van der Waals surface area contributed by atoms with Crippen molar-refractivity contribution in [2.24, 2.45) is 5.92 Å². The molecule has 2 amide bonds. The number of piperidine rings is 1. The minimum absolute atomic E-state index is 0.00743. The number of carbonyl (C=O) groups excluding carboxylic acids is 2. The second-order valence-electron chi connectivity index (χ2n) is 8.50. The third kappa shape index (κ3) is 4.58. The van der Waals surface area contributed by atoms with Crippen LogP contribution in [0.2, 0.25) is 0 Å². The maximum absolute atomic E-state index is 13.2. The molecule has 0 spiro atoms. The summed E-state index contributed by atoms with van der Waals surface area (Å²) in [6.07, 6.45) is 6.28. The second-order valence-corrected chi connectivity index (χ2v) is 10.3. The standard InChI is InChI=1S/C25H26N4O2S2/c1-27(24(31)22-8-5-14-32-22)21(16-18-6-3-2-4-7-18)19-9-11-28(12-10-19)23(30)20-17-29-13-15-33-25(29)26-20/h2-8,13-15,17,19,21H,9-12,16H2,1H3/t21-/m0/s1. The van der Waals surface area contributed by atoms with Gasteiger partial charge in [-0.2, -0.15) is 0 Å². The Bertz CT molecular complexity index is 1200. The van der Waals surface area contributed by atoms with Crippen molar-refractivity contribution >= 4 is 39.4 Å². The van der Waals surface area contributed by atoms with Gasteiger partial charge in [0, 0.05) is 44.0 Å². The van der Waals surface area contributed by atoms with E-state index in [-0.39, 0.29) is 17.9 Å². The van der Waals surface area contributed by atoms with Crippen LogP contribution in [0.15, 0.2) is 65.6 Å². The molecular weight excluding hydrogens is 452 g/mol. The average Bonchev–Trinajstić information content (AvgIpc) is 3.60. The number of aromatic nitrogens is 2. The van der Waals surface area contributed by atoms with Gasteiger partial charge >= 0.3 is 0 Å². The highest BCUT2D eigenvalue weighted by Gasteiger charge is 2.34. The molecular formula is C25H26N4O2S2. The molecule has 5 rings (SSSR count). The fourth-order valence-electron chi connectivity index (χ4n) is 4.68. The molecule has 1 fully saturated rings. The highest BCUT2D eigenvalue weighted by atomic mass is 32.1. The summed E-state index contributed by atoms with van der Waals surface area (Å²) in [5, 5.41) is 3.90. The molecule has 0 N–H and O–H groups in total. The Labute approximate surface area is 201 Å². The Morgan fingerprint density at radius 3 is 2.58 bits per heavy atom. The minimum atomic E-state index is -0.00743. The van der Waals surface area contributed by atoms with Crippen molar-refractivity contribution in [2.75, 3.05) is 20.1 Å². The van der Waals surface area contributed by atoms with E-state index in [0.717, 1.165) is 29.1 Å². The average molecular weight is 479 g/mol. The number of rotatable bonds is 6. The number of hydrogen-bond acceptors (Lipinski definition) is 5. The fraction of sp³-hybridized carbons (Fsp3) is 0.320. The quantitative estimate of drug-likeness (QED) is 0.404. The van der Waals surface area contributed by atoms with Gasteiger partial charge in [-0.05, 0) is 42.2 Å². The lowest BCUT2D eigenvalue weighted by molar-refractivity contribution is 0.0522. The van der Waals surface area contributed by atoms with Gasteiger partial charge in [0.15, 0.2) is 4.96 Å². The summed E-state index contributed by atoms with van der Waals surface area (Å²) in [5.74, 6) is 0.392. The third-order valence-electron chi connectivity index (χ3n) is 6.52. The number of carbonyl (C=O) groups is 2. The first kappa shape index (κ1) is 21.9. The number of benzene rings is 1. The Balaban J connectivity index is 1.30. The normalized spacial score (nSPS) is 15.6. The lowest BCUT2D eigenvalue weighted by Gasteiger charge is -2.40. The van der Waals surface area contributed by atoms with Crippen molar-refractivity contribution in [1.82, 2.24) is 19.2 Å². The summed E-state index contributed by atoms with van der Waals surface area (Å²) in [5.41, 5.74) is 1.73. The maximum Gasteiger partial charge on any atom is 0.274 e. The van der Waals surface area contributed by atoms with Crippen LogP contribution in [0.25, 0.3) is 4.96 Å². The van der Waals surface area contributed by atoms with Gasteiger partial charge in [-0.25, -0.2) is 4.98 Å². The molecule has 170 valence electrons. The fourth-order valence-corrected chi connectivity index (χ4v) is 6.09. The molecule has 1 saturated heterocycles. The first-order valence-corrected chi connectivity index (χ1v) is 12.9. The van der Waals surface area contributed by atoms with E-state index in [0.29, 0.717) is 24.7 Å². The zero-order chi connectivity index (χ0) is 22.8. The molecule has 0 aliphatic carbocycles. The first-order chi connectivity index (χ1) is 16.1. The molecule has 33 heavy (non-hydrogen) atoms. The molecule has 8 heteroatoms. The number of hydrogen-bond donors (Lipinski definition) is 0. The third-order valence-corrected chi connectivity index (χ3v) is 8.15. The van der Waals surface area contributed by atoms with Crippen LogP contribution in [-0.4, -0.2) is 57.2 Å². The van der Waals surface area contributed by atoms with Gasteiger partial charge in [0.05, 0.1) is 4.88 Å². The number of fused-ring (bicyclic) bond motifs is 1. The molecule has 1 aliphatic rings. The van der Waals surface area contributed by atoms with Gasteiger partial charge in [-0.1, -0.05) is 36.4 Å². The Kier molecular flexibility index (Phi) is 6.28. The van der Waals surface area contributed by atoms with Gasteiger partial charge in [0.1, 0.15) is 5.69 Å². The van der Waals surface area contributed by atoms with Gasteiger partial charge in [-0.3, -0.25) is 14.0 Å². The largest absolute Gasteiger partial charge is 0.337 e. The summed E-state index contributed by atoms with van der Waals surface area (Å²) in [6, 6.07) is 14.2. The van der Waals surface area contributed by atoms with E-state index < -0.39 is 0 Å². The highest BCUT2D eigenvalue weighted by molar-refractivity contribution is 7.15. The van der Waals surface area contributed by atoms with Crippen molar-refractivity contribution in [3.8, 4) is 0 Å². The lowest BCUT2D eigenvalue weighted by atomic mass is 9.84. The highest BCUT2D eigenvalue weighted by Crippen LogP contribution is 2.28. The van der Waals surface area contributed by atoms with Gasteiger partial charge in [0.25, 0.3) is 11.8 Å². The van der Waals surface area contributed by atoms with Crippen LogP contribution < -0.4 is 0 Å². The zero-order valence-electron chi connectivity index (χ0n) is 18.5. The van der Waals surface area contributed by atoms with Crippen LogP contribution in [-0.2, 0) is 6.42 Å². The molecule has 4 aromatic rings. The van der Waals surface area contributed by atoms with Gasteiger partial charge in [0.2, 0.25) is 0 Å². The van der Waals surface area contributed by atoms with Crippen LogP contribution in [0.4, 0.5) is 0 Å². The molecule has 0 radical (unpaired) electrons. The first-order valence-electron chi connectivity index (χ1n) is 11.2. The molecule has 0 bridgehead atoms. The summed E-state index contributed by atoms with van der Waals surface area (Å²) in [6.45, 7) is 1.36. The Morgan fingerprint density at radius 1 is 1.09 bits per heavy atom. The van der Waals surface area contributed by atoms with Crippen LogP contribution in [0, 0.1) is 5.92 Å². The SMILES string of the molecule is CN(C(=O)c1cccs1)[C@@H](Cc1ccccc1)C1CCN(C(=O)c2cn3ccsc3n2)CC1. The van der Waals surface area contributed by atoms with Crippen molar-refractivity contribution in [1.29, 1.82) is 0 Å². The van der Waals surface area contributed by atoms with Crippen LogP contribution in [0.3, 0.4) is 0 Å². The number of thiazole rings is 1. The van der Waals surface area contributed by atoms with Crippen LogP contribution >= 0.6 is 22.7 Å². The number of amides is 2. The lowest BCUT2D eigenvalue weighted by Crippen LogP contribution is -2.48. The van der Waals surface area contributed by atoms with Crippen LogP contribution in [0.1, 0.15) is 38.6 Å². The smallest absolute Gasteiger partial charge is 0.274 e. The molecule has 0 unspecified atom stereocenters. The van der Waals surface area contributed by atoms with Gasteiger partial charge in [-0.15, -0.1) is 22.7 Å². The number of nitrogens with zero attached hydrogens (tertiary/aromatic N) is 4. The number of thiophene rings is 1. The van der Waals surface area contributed by atoms with Crippen molar-refractivity contribution in [3.05, 3.63) is 81.8 Å². The summed E-state index contributed by atoms with van der Waals surface area (Å²) < 4.78 is 1.89. The summed E-state index contributed by atoms with van der Waals surface area (Å²) in [7, 11) is 1.92. The van der Waals surface area contributed by atoms with Crippen molar-refractivity contribution < 1.29 is 9.59 Å². The minimum Gasteiger partial charge on any atom is -0.337 e. The summed E-state index contributed by atoms with van der Waals surface area (Å²) in [4.78, 5) is 36.1. The van der Waals surface area contributed by atoms with Crippen molar-refractivity contribution in [2.45, 2.75) is 25.3 Å². The van der Waals surface area contributed by atoms with E-state index in [2.05, 4.69) is 17.1 Å². The zero-order valence-corrected chi connectivity index (χ0v) is 20.1.